The van der Waals surface area contributed by atoms with Crippen LogP contribution >= 0.6 is 0 Å². The maximum atomic E-state index is 12.1. The number of amides is 1. The van der Waals surface area contributed by atoms with Gasteiger partial charge in [0.2, 0.25) is 10.0 Å². The highest BCUT2D eigenvalue weighted by molar-refractivity contribution is 7.89. The molecule has 0 spiro atoms. The van der Waals surface area contributed by atoms with Gasteiger partial charge in [0.25, 0.3) is 0 Å². The van der Waals surface area contributed by atoms with Crippen molar-refractivity contribution in [2.75, 3.05) is 18.9 Å². The molecule has 0 bridgehead atoms. The molecule has 0 aliphatic carbocycles. The molecular weight excluding hydrogens is 270 g/mol. The summed E-state index contributed by atoms with van der Waals surface area (Å²) in [4.78, 5) is 10.4. The first-order chi connectivity index (χ1) is 8.75. The number of carbonyl (C=O) groups is 1. The van der Waals surface area contributed by atoms with E-state index in [9.17, 15) is 13.2 Å². The molecule has 0 unspecified atom stereocenters. The maximum absolute atomic E-state index is 12.1. The Kier molecular flexibility index (Phi) is 4.73. The van der Waals surface area contributed by atoms with Gasteiger partial charge in [-0.2, -0.15) is 0 Å². The third kappa shape index (κ3) is 3.83. The highest BCUT2D eigenvalue weighted by Gasteiger charge is 2.20. The topological polar surface area (TPSA) is 125 Å². The number of ether oxygens (including phenoxy) is 1. The number of nitrogens with two attached hydrogens (primary N) is 2. The molecule has 7 nitrogen and oxygen atoms in total. The van der Waals surface area contributed by atoms with Gasteiger partial charge in [0.1, 0.15) is 11.5 Å². The Hall–Kier alpha value is -1.80. The van der Waals surface area contributed by atoms with Crippen molar-refractivity contribution in [1.82, 2.24) is 4.72 Å². The molecule has 0 aromatic heterocycles. The number of rotatable bonds is 5. The van der Waals surface area contributed by atoms with Crippen LogP contribution in [0.3, 0.4) is 0 Å². The molecule has 5 N–H and O–H groups in total. The van der Waals surface area contributed by atoms with Crippen LogP contribution in [0.15, 0.2) is 17.0 Å². The lowest BCUT2D eigenvalue weighted by Gasteiger charge is -2.13. The first-order valence-corrected chi connectivity index (χ1v) is 7.01. The van der Waals surface area contributed by atoms with Crippen molar-refractivity contribution in [3.8, 4) is 0 Å². The van der Waals surface area contributed by atoms with Crippen molar-refractivity contribution in [3.63, 3.8) is 0 Å². The fraction of sp³-hybridized carbons (Fsp3) is 0.364. The fourth-order valence-corrected chi connectivity index (χ4v) is 3.01. The SMILES string of the molecule is Cc1ccc(N)c(S(=O)(=O)NCCOC(N)=O)c1C. The van der Waals surface area contributed by atoms with Crippen LogP contribution < -0.4 is 16.2 Å². The summed E-state index contributed by atoms with van der Waals surface area (Å²) in [6, 6.07) is 3.29. The lowest BCUT2D eigenvalue weighted by atomic mass is 10.1. The number of nitrogens with one attached hydrogen (secondary N) is 1. The van der Waals surface area contributed by atoms with E-state index < -0.39 is 16.1 Å². The molecule has 1 amide bonds. The highest BCUT2D eigenvalue weighted by Crippen LogP contribution is 2.24. The minimum Gasteiger partial charge on any atom is -0.448 e. The normalized spacial score (nSPS) is 11.3. The van der Waals surface area contributed by atoms with Gasteiger partial charge in [-0.15, -0.1) is 0 Å². The second kappa shape index (κ2) is 5.89. The van der Waals surface area contributed by atoms with Crippen molar-refractivity contribution >= 4 is 21.8 Å². The van der Waals surface area contributed by atoms with E-state index in [1.807, 2.05) is 0 Å². The lowest BCUT2D eigenvalue weighted by Crippen LogP contribution is -2.30. The predicted octanol–water partition coefficient (Wildman–Crippen LogP) is 0.259. The molecule has 0 atom stereocenters. The molecule has 1 rings (SSSR count). The molecular formula is C11H17N3O4S. The van der Waals surface area contributed by atoms with Crippen LogP contribution in [0.4, 0.5) is 10.5 Å². The Balaban J connectivity index is 2.89. The summed E-state index contributed by atoms with van der Waals surface area (Å²) in [5.41, 5.74) is 12.0. The van der Waals surface area contributed by atoms with E-state index in [4.69, 9.17) is 11.5 Å². The summed E-state index contributed by atoms with van der Waals surface area (Å²) in [5.74, 6) is 0. The first kappa shape index (κ1) is 15.3. The van der Waals surface area contributed by atoms with Crippen LogP contribution in [0.5, 0.6) is 0 Å². The van der Waals surface area contributed by atoms with E-state index in [0.717, 1.165) is 5.56 Å². The smallest absolute Gasteiger partial charge is 0.404 e. The summed E-state index contributed by atoms with van der Waals surface area (Å²) in [7, 11) is -3.75. The summed E-state index contributed by atoms with van der Waals surface area (Å²) in [6.45, 7) is 3.27. The predicted molar refractivity (Wildman–Crippen MR) is 71.1 cm³/mol. The molecule has 0 radical (unpaired) electrons. The molecule has 0 aliphatic rings. The fourth-order valence-electron chi connectivity index (χ4n) is 1.57. The number of hydrogen-bond donors (Lipinski definition) is 3. The van der Waals surface area contributed by atoms with Gasteiger partial charge in [-0.05, 0) is 31.0 Å². The summed E-state index contributed by atoms with van der Waals surface area (Å²) in [5, 5.41) is 0. The summed E-state index contributed by atoms with van der Waals surface area (Å²) in [6.07, 6.45) is -0.953. The Morgan fingerprint density at radius 2 is 2.00 bits per heavy atom. The largest absolute Gasteiger partial charge is 0.448 e. The second-order valence-electron chi connectivity index (χ2n) is 3.99. The number of hydrogen-bond acceptors (Lipinski definition) is 5. The van der Waals surface area contributed by atoms with Gasteiger partial charge in [-0.3, -0.25) is 0 Å². The molecule has 1 aromatic rings. The van der Waals surface area contributed by atoms with E-state index in [-0.39, 0.29) is 23.7 Å². The molecule has 19 heavy (non-hydrogen) atoms. The number of benzene rings is 1. The van der Waals surface area contributed by atoms with Gasteiger partial charge in [0, 0.05) is 6.54 Å². The maximum Gasteiger partial charge on any atom is 0.404 e. The molecule has 106 valence electrons. The Bertz CT molecular complexity index is 584. The first-order valence-electron chi connectivity index (χ1n) is 5.53. The third-order valence-corrected chi connectivity index (χ3v) is 4.28. The quantitative estimate of drug-likeness (QED) is 0.529. The third-order valence-electron chi connectivity index (χ3n) is 2.61. The van der Waals surface area contributed by atoms with Gasteiger partial charge in [-0.25, -0.2) is 17.9 Å². The van der Waals surface area contributed by atoms with Crippen molar-refractivity contribution in [2.45, 2.75) is 18.7 Å². The molecule has 0 aliphatic heterocycles. The van der Waals surface area contributed by atoms with Gasteiger partial charge >= 0.3 is 6.09 Å². The van der Waals surface area contributed by atoms with Gasteiger partial charge in [0.05, 0.1) is 5.69 Å². The van der Waals surface area contributed by atoms with Crippen LogP contribution in [-0.2, 0) is 14.8 Å². The number of aryl methyl sites for hydroxylation is 1. The van der Waals surface area contributed by atoms with Gasteiger partial charge < -0.3 is 16.2 Å². The molecule has 0 fully saturated rings. The van der Waals surface area contributed by atoms with Crippen molar-refractivity contribution in [2.24, 2.45) is 5.73 Å². The Morgan fingerprint density at radius 1 is 1.37 bits per heavy atom. The lowest BCUT2D eigenvalue weighted by molar-refractivity contribution is 0.159. The number of anilines is 1. The van der Waals surface area contributed by atoms with E-state index in [1.54, 1.807) is 19.9 Å². The highest BCUT2D eigenvalue weighted by atomic mass is 32.2. The molecule has 0 saturated carbocycles. The molecule has 0 heterocycles. The number of carbonyl (C=O) groups excluding carboxylic acids is 1. The second-order valence-corrected chi connectivity index (χ2v) is 5.69. The van der Waals surface area contributed by atoms with Gasteiger partial charge in [0.15, 0.2) is 0 Å². The van der Waals surface area contributed by atoms with Crippen molar-refractivity contribution in [3.05, 3.63) is 23.3 Å². The van der Waals surface area contributed by atoms with E-state index in [1.165, 1.54) is 6.07 Å². The zero-order chi connectivity index (χ0) is 14.6. The molecule has 1 aromatic carbocycles. The van der Waals surface area contributed by atoms with Crippen molar-refractivity contribution < 1.29 is 17.9 Å². The standard InChI is InChI=1S/C11H17N3O4S/c1-7-3-4-9(12)10(8(7)2)19(16,17)14-5-6-18-11(13)15/h3-4,14H,5-6,12H2,1-2H3,(H2,13,15). The van der Waals surface area contributed by atoms with Crippen LogP contribution in [0, 0.1) is 13.8 Å². The average molecular weight is 287 g/mol. The number of sulfonamides is 1. The minimum atomic E-state index is -3.75. The zero-order valence-corrected chi connectivity index (χ0v) is 11.6. The Labute approximate surface area is 112 Å². The van der Waals surface area contributed by atoms with E-state index in [2.05, 4.69) is 9.46 Å². The summed E-state index contributed by atoms with van der Waals surface area (Å²) < 4.78 is 31.0. The monoisotopic (exact) mass is 287 g/mol. The molecule has 8 heteroatoms. The summed E-state index contributed by atoms with van der Waals surface area (Å²) >= 11 is 0. The number of nitrogen functional groups attached to an aromatic ring is 1. The van der Waals surface area contributed by atoms with Crippen molar-refractivity contribution in [1.29, 1.82) is 0 Å². The van der Waals surface area contributed by atoms with E-state index in [0.29, 0.717) is 5.56 Å². The van der Waals surface area contributed by atoms with Crippen LogP contribution in [0.1, 0.15) is 11.1 Å². The average Bonchev–Trinajstić information content (AvgIpc) is 2.29. The Morgan fingerprint density at radius 3 is 2.58 bits per heavy atom. The van der Waals surface area contributed by atoms with Gasteiger partial charge in [-0.1, -0.05) is 6.07 Å². The molecule has 0 saturated heterocycles. The van der Waals surface area contributed by atoms with Crippen LogP contribution in [-0.4, -0.2) is 27.7 Å². The van der Waals surface area contributed by atoms with Crippen LogP contribution in [0.25, 0.3) is 0 Å². The van der Waals surface area contributed by atoms with Crippen LogP contribution in [0.2, 0.25) is 0 Å². The number of primary amides is 1. The minimum absolute atomic E-state index is 0.0478. The zero-order valence-electron chi connectivity index (χ0n) is 10.8. The van der Waals surface area contributed by atoms with E-state index >= 15 is 0 Å².